The molecule has 1 aromatic heterocycles. The summed E-state index contributed by atoms with van der Waals surface area (Å²) in [5, 5.41) is 0.216. The average Bonchev–Trinajstić information content (AvgIpc) is 2.82. The summed E-state index contributed by atoms with van der Waals surface area (Å²) in [6.45, 7) is 2.94. The molecule has 6 nitrogen and oxygen atoms in total. The minimum Gasteiger partial charge on any atom is -0.394 e. The summed E-state index contributed by atoms with van der Waals surface area (Å²) in [5.74, 6) is 0.310. The van der Waals surface area contributed by atoms with E-state index in [0.29, 0.717) is 24.7 Å². The zero-order chi connectivity index (χ0) is 12.6. The second-order valence-electron chi connectivity index (χ2n) is 4.51. The van der Waals surface area contributed by atoms with Gasteiger partial charge in [0.1, 0.15) is 0 Å². The van der Waals surface area contributed by atoms with Gasteiger partial charge in [0, 0.05) is 25.9 Å². The number of nitrogen functional groups attached to an aromatic ring is 1. The van der Waals surface area contributed by atoms with Gasteiger partial charge in [0.25, 0.3) is 0 Å². The Kier molecular flexibility index (Phi) is 3.01. The molecule has 2 aliphatic heterocycles. The van der Waals surface area contributed by atoms with Crippen LogP contribution in [0, 0.1) is 0 Å². The maximum atomic E-state index is 5.88. The van der Waals surface area contributed by atoms with Crippen LogP contribution in [0.25, 0.3) is 0 Å². The van der Waals surface area contributed by atoms with Crippen LogP contribution in [0.5, 0.6) is 0 Å². The first-order chi connectivity index (χ1) is 8.69. The van der Waals surface area contributed by atoms with E-state index in [0.717, 1.165) is 25.9 Å². The quantitative estimate of drug-likeness (QED) is 0.769. The topological polar surface area (TPSA) is 73.5 Å². The Labute approximate surface area is 110 Å². The molecule has 0 aromatic carbocycles. The van der Waals surface area contributed by atoms with Crippen LogP contribution in [0.15, 0.2) is 6.20 Å². The summed E-state index contributed by atoms with van der Waals surface area (Å²) in [7, 11) is 0. The van der Waals surface area contributed by atoms with Gasteiger partial charge in [-0.15, -0.1) is 0 Å². The largest absolute Gasteiger partial charge is 0.394 e. The van der Waals surface area contributed by atoms with Crippen molar-refractivity contribution in [1.29, 1.82) is 0 Å². The van der Waals surface area contributed by atoms with Crippen LogP contribution in [-0.2, 0) is 9.47 Å². The molecular weight excluding hydrogens is 256 g/mol. The minimum absolute atomic E-state index is 0.216. The van der Waals surface area contributed by atoms with Gasteiger partial charge in [0.2, 0.25) is 5.28 Å². The predicted octanol–water partition coefficient (Wildman–Crippen LogP) is 1.06. The summed E-state index contributed by atoms with van der Waals surface area (Å²) in [6, 6.07) is 0. The Balaban J connectivity index is 1.74. The van der Waals surface area contributed by atoms with Gasteiger partial charge in [-0.2, -0.15) is 4.98 Å². The summed E-state index contributed by atoms with van der Waals surface area (Å²) < 4.78 is 11.4. The molecule has 7 heteroatoms. The second kappa shape index (κ2) is 4.53. The minimum atomic E-state index is -0.387. The number of anilines is 2. The van der Waals surface area contributed by atoms with Gasteiger partial charge in [-0.1, -0.05) is 0 Å². The SMILES string of the molecule is Nc1cnc(Cl)nc1N1CCC2(CC1)OCCO2. The van der Waals surface area contributed by atoms with Crippen LogP contribution >= 0.6 is 11.6 Å². The summed E-state index contributed by atoms with van der Waals surface area (Å²) >= 11 is 5.80. The molecular formula is C11H15ClN4O2. The Morgan fingerprint density at radius 3 is 2.61 bits per heavy atom. The number of ether oxygens (including phenoxy) is 2. The van der Waals surface area contributed by atoms with E-state index in [1.807, 2.05) is 0 Å². The van der Waals surface area contributed by atoms with Crippen molar-refractivity contribution in [2.75, 3.05) is 36.9 Å². The predicted molar refractivity (Wildman–Crippen MR) is 67.5 cm³/mol. The van der Waals surface area contributed by atoms with Crippen LogP contribution in [0.4, 0.5) is 11.5 Å². The number of nitrogens with two attached hydrogens (primary N) is 1. The van der Waals surface area contributed by atoms with Crippen molar-refractivity contribution in [3.05, 3.63) is 11.5 Å². The van der Waals surface area contributed by atoms with Crippen LogP contribution in [0.2, 0.25) is 5.28 Å². The van der Waals surface area contributed by atoms with E-state index in [4.69, 9.17) is 26.8 Å². The fourth-order valence-electron chi connectivity index (χ4n) is 2.46. The van der Waals surface area contributed by atoms with Crippen molar-refractivity contribution < 1.29 is 9.47 Å². The van der Waals surface area contributed by atoms with Crippen molar-refractivity contribution in [2.24, 2.45) is 0 Å². The molecule has 0 bridgehead atoms. The van der Waals surface area contributed by atoms with Gasteiger partial charge >= 0.3 is 0 Å². The molecule has 2 aliphatic rings. The highest BCUT2D eigenvalue weighted by Crippen LogP contribution is 2.34. The first-order valence-electron chi connectivity index (χ1n) is 5.99. The molecule has 3 rings (SSSR count). The van der Waals surface area contributed by atoms with E-state index in [-0.39, 0.29) is 11.1 Å². The summed E-state index contributed by atoms with van der Waals surface area (Å²) in [6.07, 6.45) is 3.17. The van der Waals surface area contributed by atoms with E-state index in [1.54, 1.807) is 0 Å². The highest BCUT2D eigenvalue weighted by atomic mass is 35.5. The molecule has 1 spiro atoms. The monoisotopic (exact) mass is 270 g/mol. The number of halogens is 1. The number of hydrogen-bond acceptors (Lipinski definition) is 6. The summed E-state index contributed by atoms with van der Waals surface area (Å²) in [4.78, 5) is 10.1. The van der Waals surface area contributed by atoms with Crippen molar-refractivity contribution in [2.45, 2.75) is 18.6 Å². The second-order valence-corrected chi connectivity index (χ2v) is 4.85. The molecule has 2 saturated heterocycles. The van der Waals surface area contributed by atoms with Crippen LogP contribution in [0.1, 0.15) is 12.8 Å². The van der Waals surface area contributed by atoms with E-state index in [9.17, 15) is 0 Å². The van der Waals surface area contributed by atoms with Crippen LogP contribution in [-0.4, -0.2) is 42.1 Å². The van der Waals surface area contributed by atoms with E-state index < -0.39 is 0 Å². The Hall–Kier alpha value is -1.11. The highest BCUT2D eigenvalue weighted by molar-refractivity contribution is 6.28. The molecule has 0 saturated carbocycles. The maximum Gasteiger partial charge on any atom is 0.224 e. The molecule has 0 radical (unpaired) electrons. The van der Waals surface area contributed by atoms with Gasteiger partial charge in [0.05, 0.1) is 25.1 Å². The Morgan fingerprint density at radius 1 is 1.28 bits per heavy atom. The molecule has 98 valence electrons. The van der Waals surface area contributed by atoms with Crippen molar-refractivity contribution in [3.8, 4) is 0 Å². The lowest BCUT2D eigenvalue weighted by molar-refractivity contribution is -0.169. The number of hydrogen-bond donors (Lipinski definition) is 1. The summed E-state index contributed by atoms with van der Waals surface area (Å²) in [5.41, 5.74) is 6.42. The van der Waals surface area contributed by atoms with Gasteiger partial charge in [0.15, 0.2) is 11.6 Å². The molecule has 0 atom stereocenters. The normalized spacial score (nSPS) is 22.6. The fraction of sp³-hybridized carbons (Fsp3) is 0.636. The van der Waals surface area contributed by atoms with Gasteiger partial charge in [-0.3, -0.25) is 0 Å². The molecule has 3 heterocycles. The highest BCUT2D eigenvalue weighted by Gasteiger charge is 2.40. The molecule has 2 fully saturated rings. The smallest absolute Gasteiger partial charge is 0.224 e. The third kappa shape index (κ3) is 2.11. The third-order valence-corrected chi connectivity index (χ3v) is 3.59. The molecule has 18 heavy (non-hydrogen) atoms. The average molecular weight is 271 g/mol. The lowest BCUT2D eigenvalue weighted by atomic mass is 10.0. The number of nitrogens with zero attached hydrogens (tertiary/aromatic N) is 3. The first kappa shape index (κ1) is 12.0. The lowest BCUT2D eigenvalue weighted by Crippen LogP contribution is -2.45. The first-order valence-corrected chi connectivity index (χ1v) is 6.37. The molecule has 1 aromatic rings. The molecule has 2 N–H and O–H groups in total. The lowest BCUT2D eigenvalue weighted by Gasteiger charge is -2.38. The fourth-order valence-corrected chi connectivity index (χ4v) is 2.59. The van der Waals surface area contributed by atoms with Gasteiger partial charge in [-0.25, -0.2) is 4.98 Å². The van der Waals surface area contributed by atoms with Crippen molar-refractivity contribution >= 4 is 23.1 Å². The van der Waals surface area contributed by atoms with E-state index in [2.05, 4.69) is 14.9 Å². The standard InChI is InChI=1S/C11H15ClN4O2/c12-10-14-7-8(13)9(15-10)16-3-1-11(2-4-16)17-5-6-18-11/h7H,1-6,13H2. The van der Waals surface area contributed by atoms with Gasteiger partial charge < -0.3 is 20.1 Å². The maximum absolute atomic E-state index is 5.88. The number of rotatable bonds is 1. The van der Waals surface area contributed by atoms with E-state index >= 15 is 0 Å². The zero-order valence-electron chi connectivity index (χ0n) is 9.93. The Bertz CT molecular complexity index is 441. The van der Waals surface area contributed by atoms with Crippen LogP contribution in [0.3, 0.4) is 0 Å². The third-order valence-electron chi connectivity index (χ3n) is 3.40. The van der Waals surface area contributed by atoms with Crippen molar-refractivity contribution in [3.63, 3.8) is 0 Å². The Morgan fingerprint density at radius 2 is 1.94 bits per heavy atom. The zero-order valence-corrected chi connectivity index (χ0v) is 10.7. The van der Waals surface area contributed by atoms with E-state index in [1.165, 1.54) is 6.20 Å². The molecule has 0 amide bonds. The number of piperidine rings is 1. The number of aromatic nitrogens is 2. The molecule has 0 aliphatic carbocycles. The van der Waals surface area contributed by atoms with Gasteiger partial charge in [-0.05, 0) is 11.6 Å². The van der Waals surface area contributed by atoms with Crippen molar-refractivity contribution in [1.82, 2.24) is 9.97 Å². The molecule has 0 unspecified atom stereocenters. The van der Waals surface area contributed by atoms with Crippen LogP contribution < -0.4 is 10.6 Å².